The maximum absolute atomic E-state index is 11.6. The topological polar surface area (TPSA) is 66.4 Å². The summed E-state index contributed by atoms with van der Waals surface area (Å²) < 4.78 is 25.7. The molecule has 0 aliphatic heterocycles. The Morgan fingerprint density at radius 3 is 2.40 bits per heavy atom. The molecule has 0 aliphatic rings. The number of hydrogen-bond donors (Lipinski definition) is 2. The third kappa shape index (κ3) is 3.53. The number of phenols is 1. The van der Waals surface area contributed by atoms with Gasteiger partial charge < -0.3 is 5.11 Å². The van der Waals surface area contributed by atoms with Gasteiger partial charge in [-0.2, -0.15) is 0 Å². The average Bonchev–Trinajstić information content (AvgIpc) is 2.18. The first-order valence-corrected chi connectivity index (χ1v) is 6.33. The van der Waals surface area contributed by atoms with Crippen LogP contribution in [-0.4, -0.2) is 20.1 Å². The number of hydrogen-bond acceptors (Lipinski definition) is 3. The maximum Gasteiger partial charge on any atom is 0.240 e. The molecule has 0 fully saturated rings. The Labute approximate surface area is 90.0 Å². The number of rotatable bonds is 5. The highest BCUT2D eigenvalue weighted by molar-refractivity contribution is 7.89. The van der Waals surface area contributed by atoms with Crippen molar-refractivity contribution < 1.29 is 13.5 Å². The molecule has 0 atom stereocenters. The van der Waals surface area contributed by atoms with Crippen molar-refractivity contribution in [2.75, 3.05) is 6.54 Å². The Kier molecular flexibility index (Phi) is 4.11. The van der Waals surface area contributed by atoms with Gasteiger partial charge in [-0.3, -0.25) is 0 Å². The molecular formula is C10H15NO3S. The van der Waals surface area contributed by atoms with E-state index >= 15 is 0 Å². The van der Waals surface area contributed by atoms with Gasteiger partial charge in [-0.15, -0.1) is 0 Å². The van der Waals surface area contributed by atoms with Crippen LogP contribution in [0, 0.1) is 0 Å². The predicted molar refractivity (Wildman–Crippen MR) is 58.2 cm³/mol. The first-order valence-electron chi connectivity index (χ1n) is 4.85. The van der Waals surface area contributed by atoms with Crippen LogP contribution in [0.5, 0.6) is 5.75 Å². The van der Waals surface area contributed by atoms with Gasteiger partial charge >= 0.3 is 0 Å². The number of unbranched alkanes of at least 4 members (excludes halogenated alkanes) is 1. The largest absolute Gasteiger partial charge is 0.508 e. The zero-order valence-corrected chi connectivity index (χ0v) is 9.42. The van der Waals surface area contributed by atoms with Crippen molar-refractivity contribution in [2.45, 2.75) is 24.7 Å². The standard InChI is InChI=1S/C10H15NO3S/c1-2-3-8-11-15(13,14)10-6-4-9(12)5-7-10/h4-7,11-12H,2-3,8H2,1H3. The lowest BCUT2D eigenvalue weighted by Gasteiger charge is -2.05. The lowest BCUT2D eigenvalue weighted by atomic mass is 10.3. The molecule has 2 N–H and O–H groups in total. The number of sulfonamides is 1. The molecule has 84 valence electrons. The van der Waals surface area contributed by atoms with E-state index in [4.69, 9.17) is 5.11 Å². The molecule has 15 heavy (non-hydrogen) atoms. The molecule has 0 aromatic heterocycles. The van der Waals surface area contributed by atoms with Gasteiger partial charge in [0.15, 0.2) is 0 Å². The van der Waals surface area contributed by atoms with Crippen LogP contribution in [0.25, 0.3) is 0 Å². The van der Waals surface area contributed by atoms with Gasteiger partial charge in [-0.25, -0.2) is 13.1 Å². The Morgan fingerprint density at radius 1 is 1.27 bits per heavy atom. The Balaban J connectivity index is 2.73. The maximum atomic E-state index is 11.6. The predicted octanol–water partition coefficient (Wildman–Crippen LogP) is 1.47. The fraction of sp³-hybridized carbons (Fsp3) is 0.400. The van der Waals surface area contributed by atoms with E-state index in [1.165, 1.54) is 24.3 Å². The Bertz CT molecular complexity index is 397. The summed E-state index contributed by atoms with van der Waals surface area (Å²) in [6, 6.07) is 5.47. The van der Waals surface area contributed by atoms with E-state index in [-0.39, 0.29) is 10.6 Å². The molecule has 0 amide bonds. The van der Waals surface area contributed by atoms with Gasteiger partial charge in [-0.05, 0) is 30.7 Å². The number of phenolic OH excluding ortho intramolecular Hbond substituents is 1. The minimum absolute atomic E-state index is 0.0579. The van der Waals surface area contributed by atoms with E-state index < -0.39 is 10.0 Å². The van der Waals surface area contributed by atoms with Crippen LogP contribution in [-0.2, 0) is 10.0 Å². The van der Waals surface area contributed by atoms with Crippen molar-refractivity contribution >= 4 is 10.0 Å². The molecule has 0 spiro atoms. The molecular weight excluding hydrogens is 214 g/mol. The SMILES string of the molecule is CCCCNS(=O)(=O)c1ccc(O)cc1. The molecule has 1 rings (SSSR count). The second kappa shape index (κ2) is 5.14. The lowest BCUT2D eigenvalue weighted by Crippen LogP contribution is -2.24. The van der Waals surface area contributed by atoms with Crippen molar-refractivity contribution in [3.63, 3.8) is 0 Å². The van der Waals surface area contributed by atoms with E-state index in [0.717, 1.165) is 12.8 Å². The van der Waals surface area contributed by atoms with Crippen LogP contribution in [0.4, 0.5) is 0 Å². The Hall–Kier alpha value is -1.07. The third-order valence-electron chi connectivity index (χ3n) is 1.97. The van der Waals surface area contributed by atoms with E-state index in [9.17, 15) is 8.42 Å². The van der Waals surface area contributed by atoms with Gasteiger partial charge in [0.25, 0.3) is 0 Å². The fourth-order valence-corrected chi connectivity index (χ4v) is 2.17. The molecule has 0 heterocycles. The summed E-state index contributed by atoms with van der Waals surface area (Å²) in [5.74, 6) is 0.0579. The van der Waals surface area contributed by atoms with Crippen LogP contribution >= 0.6 is 0 Å². The summed E-state index contributed by atoms with van der Waals surface area (Å²) in [6.07, 6.45) is 1.76. The molecule has 0 radical (unpaired) electrons. The first-order chi connectivity index (χ1) is 7.06. The third-order valence-corrected chi connectivity index (χ3v) is 3.45. The van der Waals surface area contributed by atoms with Gasteiger partial charge in [0.2, 0.25) is 10.0 Å². The quantitative estimate of drug-likeness (QED) is 0.751. The molecule has 1 aromatic rings. The van der Waals surface area contributed by atoms with Gasteiger partial charge in [0.1, 0.15) is 5.75 Å². The molecule has 1 aromatic carbocycles. The van der Waals surface area contributed by atoms with Gasteiger partial charge in [-0.1, -0.05) is 13.3 Å². The Morgan fingerprint density at radius 2 is 1.87 bits per heavy atom. The summed E-state index contributed by atoms with van der Waals surface area (Å²) in [5, 5.41) is 9.02. The molecule has 0 saturated heterocycles. The molecule has 4 nitrogen and oxygen atoms in total. The summed E-state index contributed by atoms with van der Waals surface area (Å²) in [7, 11) is -3.41. The van der Waals surface area contributed by atoms with E-state index in [1.807, 2.05) is 6.92 Å². The summed E-state index contributed by atoms with van der Waals surface area (Å²) >= 11 is 0. The van der Waals surface area contributed by atoms with Gasteiger partial charge in [0.05, 0.1) is 4.90 Å². The summed E-state index contributed by atoms with van der Waals surface area (Å²) in [6.45, 7) is 2.44. The van der Waals surface area contributed by atoms with E-state index in [2.05, 4.69) is 4.72 Å². The van der Waals surface area contributed by atoms with Crippen LogP contribution in [0.15, 0.2) is 29.2 Å². The minimum Gasteiger partial charge on any atom is -0.508 e. The number of aromatic hydroxyl groups is 1. The number of nitrogens with one attached hydrogen (secondary N) is 1. The van der Waals surface area contributed by atoms with Crippen molar-refractivity contribution in [2.24, 2.45) is 0 Å². The molecule has 5 heteroatoms. The molecule has 0 bridgehead atoms. The van der Waals surface area contributed by atoms with E-state index in [0.29, 0.717) is 6.54 Å². The lowest BCUT2D eigenvalue weighted by molar-refractivity contribution is 0.474. The van der Waals surface area contributed by atoms with Gasteiger partial charge in [0, 0.05) is 6.54 Å². The normalized spacial score (nSPS) is 11.5. The van der Waals surface area contributed by atoms with Crippen LogP contribution < -0.4 is 4.72 Å². The van der Waals surface area contributed by atoms with Crippen molar-refractivity contribution in [1.29, 1.82) is 0 Å². The zero-order chi connectivity index (χ0) is 11.3. The smallest absolute Gasteiger partial charge is 0.240 e. The highest BCUT2D eigenvalue weighted by Gasteiger charge is 2.12. The summed E-state index contributed by atoms with van der Waals surface area (Å²) in [4.78, 5) is 0.177. The number of benzene rings is 1. The second-order valence-corrected chi connectivity index (χ2v) is 5.01. The zero-order valence-electron chi connectivity index (χ0n) is 8.60. The average molecular weight is 229 g/mol. The summed E-state index contributed by atoms with van der Waals surface area (Å²) in [5.41, 5.74) is 0. The van der Waals surface area contributed by atoms with Crippen LogP contribution in [0.2, 0.25) is 0 Å². The fourth-order valence-electron chi connectivity index (χ4n) is 1.09. The highest BCUT2D eigenvalue weighted by atomic mass is 32.2. The monoisotopic (exact) mass is 229 g/mol. The van der Waals surface area contributed by atoms with Crippen LogP contribution in [0.3, 0.4) is 0 Å². The van der Waals surface area contributed by atoms with Crippen molar-refractivity contribution in [1.82, 2.24) is 4.72 Å². The molecule has 0 unspecified atom stereocenters. The van der Waals surface area contributed by atoms with E-state index in [1.54, 1.807) is 0 Å². The highest BCUT2D eigenvalue weighted by Crippen LogP contribution is 2.13. The first kappa shape index (κ1) is 12.0. The molecule has 0 aliphatic carbocycles. The van der Waals surface area contributed by atoms with Crippen LogP contribution in [0.1, 0.15) is 19.8 Å². The van der Waals surface area contributed by atoms with Crippen molar-refractivity contribution in [3.05, 3.63) is 24.3 Å². The second-order valence-electron chi connectivity index (χ2n) is 3.25. The minimum atomic E-state index is -3.41. The van der Waals surface area contributed by atoms with Crippen molar-refractivity contribution in [3.8, 4) is 5.75 Å². The molecule has 0 saturated carbocycles.